The minimum atomic E-state index is -0.184. The van der Waals surface area contributed by atoms with E-state index in [2.05, 4.69) is 27.6 Å². The number of nitrogens with zero attached hydrogens (tertiary/aromatic N) is 2. The highest BCUT2D eigenvalue weighted by atomic mass is 16.2. The monoisotopic (exact) mass is 235 g/mol. The molecule has 2 rings (SSSR count). The van der Waals surface area contributed by atoms with E-state index >= 15 is 0 Å². The molecule has 1 aliphatic carbocycles. The van der Waals surface area contributed by atoms with Crippen molar-refractivity contribution in [2.75, 3.05) is 5.43 Å². The normalized spacial score (nSPS) is 17.1. The number of nitrogens with one attached hydrogen (secondary N) is 2. The largest absolute Gasteiger partial charge is 0.345 e. The molecule has 0 spiro atoms. The summed E-state index contributed by atoms with van der Waals surface area (Å²) in [5.74, 6) is 5.43. The molecule has 1 aromatic rings. The molecular formula is C11H17N5O. The van der Waals surface area contributed by atoms with Gasteiger partial charge in [0.15, 0.2) is 5.82 Å². The van der Waals surface area contributed by atoms with E-state index in [0.717, 1.165) is 19.3 Å². The van der Waals surface area contributed by atoms with E-state index < -0.39 is 0 Å². The van der Waals surface area contributed by atoms with Gasteiger partial charge in [-0.15, -0.1) is 0 Å². The second-order valence-electron chi connectivity index (χ2n) is 4.38. The topological polar surface area (TPSA) is 92.9 Å². The maximum Gasteiger partial charge on any atom is 0.272 e. The molecule has 0 radical (unpaired) electrons. The summed E-state index contributed by atoms with van der Waals surface area (Å²) in [5.41, 5.74) is 2.63. The van der Waals surface area contributed by atoms with Crippen LogP contribution in [-0.2, 0) is 0 Å². The van der Waals surface area contributed by atoms with Gasteiger partial charge in [-0.2, -0.15) is 0 Å². The predicted octanol–water partition coefficient (Wildman–Crippen LogP) is 0.825. The molecule has 1 amide bonds. The van der Waals surface area contributed by atoms with Crippen molar-refractivity contribution in [3.05, 3.63) is 18.1 Å². The number of anilines is 1. The van der Waals surface area contributed by atoms with Crippen LogP contribution in [-0.4, -0.2) is 21.4 Å². The molecule has 6 nitrogen and oxygen atoms in total. The molecule has 0 unspecified atom stereocenters. The first-order chi connectivity index (χ1) is 8.19. The Labute approximate surface area is 100.0 Å². The second kappa shape index (κ2) is 4.67. The highest BCUT2D eigenvalue weighted by Gasteiger charge is 2.36. The molecule has 0 saturated heterocycles. The summed E-state index contributed by atoms with van der Waals surface area (Å²) >= 11 is 0. The predicted molar refractivity (Wildman–Crippen MR) is 64.2 cm³/mol. The Bertz CT molecular complexity index is 411. The van der Waals surface area contributed by atoms with Gasteiger partial charge >= 0.3 is 0 Å². The molecule has 0 atom stereocenters. The molecule has 1 aliphatic rings. The van der Waals surface area contributed by atoms with Crippen LogP contribution < -0.4 is 16.6 Å². The van der Waals surface area contributed by atoms with Crippen LogP contribution in [0.15, 0.2) is 12.4 Å². The third-order valence-corrected chi connectivity index (χ3v) is 3.38. The van der Waals surface area contributed by atoms with Crippen LogP contribution in [0.3, 0.4) is 0 Å². The van der Waals surface area contributed by atoms with Crippen molar-refractivity contribution in [3.63, 3.8) is 0 Å². The van der Waals surface area contributed by atoms with Gasteiger partial charge in [0.25, 0.3) is 5.91 Å². The van der Waals surface area contributed by atoms with Crippen LogP contribution in [0.5, 0.6) is 0 Å². The molecule has 0 aliphatic heterocycles. The van der Waals surface area contributed by atoms with Gasteiger partial charge in [-0.1, -0.05) is 6.92 Å². The second-order valence-corrected chi connectivity index (χ2v) is 4.38. The van der Waals surface area contributed by atoms with Crippen LogP contribution in [0.2, 0.25) is 0 Å². The molecule has 0 aromatic carbocycles. The summed E-state index contributed by atoms with van der Waals surface area (Å²) < 4.78 is 0. The number of nitrogens with two attached hydrogens (primary N) is 1. The van der Waals surface area contributed by atoms with E-state index in [1.807, 2.05) is 0 Å². The Balaban J connectivity index is 2.08. The summed E-state index contributed by atoms with van der Waals surface area (Å²) in [4.78, 5) is 20.0. The minimum absolute atomic E-state index is 0.0368. The average molecular weight is 235 g/mol. The van der Waals surface area contributed by atoms with E-state index in [9.17, 15) is 4.79 Å². The maximum atomic E-state index is 12.0. The van der Waals surface area contributed by atoms with Gasteiger partial charge in [0, 0.05) is 5.54 Å². The molecule has 1 fully saturated rings. The molecule has 4 N–H and O–H groups in total. The summed E-state index contributed by atoms with van der Waals surface area (Å²) in [6.07, 6.45) is 7.11. The fraction of sp³-hybridized carbons (Fsp3) is 0.545. The molecule has 6 heteroatoms. The molecule has 1 aromatic heterocycles. The van der Waals surface area contributed by atoms with E-state index in [4.69, 9.17) is 5.84 Å². The van der Waals surface area contributed by atoms with Crippen LogP contribution in [0.4, 0.5) is 5.82 Å². The van der Waals surface area contributed by atoms with E-state index in [1.54, 1.807) is 0 Å². The maximum absolute atomic E-state index is 12.0. The highest BCUT2D eigenvalue weighted by molar-refractivity contribution is 5.92. The standard InChI is InChI=1S/C11H17N5O/c1-2-11(4-3-5-11)15-10(17)8-6-13-7-9(14-8)16-12/h6-7H,2-5,12H2,1H3,(H,14,16)(H,15,17). The van der Waals surface area contributed by atoms with Crippen LogP contribution >= 0.6 is 0 Å². The Morgan fingerprint density at radius 2 is 2.29 bits per heavy atom. The zero-order valence-corrected chi connectivity index (χ0v) is 9.86. The lowest BCUT2D eigenvalue weighted by molar-refractivity contribution is 0.0815. The lowest BCUT2D eigenvalue weighted by Gasteiger charge is -2.41. The third-order valence-electron chi connectivity index (χ3n) is 3.38. The first-order valence-electron chi connectivity index (χ1n) is 5.80. The first-order valence-corrected chi connectivity index (χ1v) is 5.80. The first kappa shape index (κ1) is 11.8. The number of carbonyl (C=O) groups excluding carboxylic acids is 1. The summed E-state index contributed by atoms with van der Waals surface area (Å²) in [5, 5.41) is 3.04. The fourth-order valence-electron chi connectivity index (χ4n) is 2.02. The molecule has 1 saturated carbocycles. The van der Waals surface area contributed by atoms with Gasteiger partial charge in [0.05, 0.1) is 12.4 Å². The quantitative estimate of drug-likeness (QED) is 0.531. The lowest BCUT2D eigenvalue weighted by atomic mass is 9.75. The van der Waals surface area contributed by atoms with E-state index in [-0.39, 0.29) is 11.4 Å². The van der Waals surface area contributed by atoms with Gasteiger partial charge in [-0.25, -0.2) is 10.8 Å². The average Bonchev–Trinajstić information content (AvgIpc) is 2.33. The molecular weight excluding hydrogens is 218 g/mol. The number of carbonyl (C=O) groups is 1. The van der Waals surface area contributed by atoms with Gasteiger partial charge in [-0.05, 0) is 25.7 Å². The van der Waals surface area contributed by atoms with Crippen molar-refractivity contribution >= 4 is 11.7 Å². The van der Waals surface area contributed by atoms with E-state index in [0.29, 0.717) is 11.5 Å². The van der Waals surface area contributed by atoms with Crippen molar-refractivity contribution in [1.82, 2.24) is 15.3 Å². The minimum Gasteiger partial charge on any atom is -0.345 e. The van der Waals surface area contributed by atoms with Crippen molar-refractivity contribution in [1.29, 1.82) is 0 Å². The number of hydrogen-bond donors (Lipinski definition) is 3. The van der Waals surface area contributed by atoms with Crippen molar-refractivity contribution < 1.29 is 4.79 Å². The number of hydrogen-bond acceptors (Lipinski definition) is 5. The summed E-state index contributed by atoms with van der Waals surface area (Å²) in [6, 6.07) is 0. The summed E-state index contributed by atoms with van der Waals surface area (Å²) in [6.45, 7) is 2.09. The number of aromatic nitrogens is 2. The van der Waals surface area contributed by atoms with Crippen molar-refractivity contribution in [2.24, 2.45) is 5.84 Å². The van der Waals surface area contributed by atoms with Crippen molar-refractivity contribution in [2.45, 2.75) is 38.1 Å². The zero-order chi connectivity index (χ0) is 12.3. The van der Waals surface area contributed by atoms with E-state index in [1.165, 1.54) is 18.8 Å². The Morgan fingerprint density at radius 1 is 1.53 bits per heavy atom. The molecule has 92 valence electrons. The van der Waals surface area contributed by atoms with Crippen LogP contribution in [0.1, 0.15) is 43.1 Å². The number of amides is 1. The SMILES string of the molecule is CCC1(NC(=O)c2cncc(NN)n2)CCC1. The highest BCUT2D eigenvalue weighted by Crippen LogP contribution is 2.34. The number of nitrogen functional groups attached to an aromatic ring is 1. The summed E-state index contributed by atoms with van der Waals surface area (Å²) in [7, 11) is 0. The van der Waals surface area contributed by atoms with Crippen molar-refractivity contribution in [3.8, 4) is 0 Å². The Morgan fingerprint density at radius 3 is 2.82 bits per heavy atom. The Hall–Kier alpha value is -1.69. The van der Waals surface area contributed by atoms with Gasteiger partial charge in [-0.3, -0.25) is 9.78 Å². The molecule has 0 bridgehead atoms. The zero-order valence-electron chi connectivity index (χ0n) is 9.86. The number of hydrazine groups is 1. The Kier molecular flexibility index (Phi) is 3.23. The van der Waals surface area contributed by atoms with Gasteiger partial charge < -0.3 is 10.7 Å². The molecule has 17 heavy (non-hydrogen) atoms. The van der Waals surface area contributed by atoms with Gasteiger partial charge in [0.1, 0.15) is 5.69 Å². The number of rotatable bonds is 4. The lowest BCUT2D eigenvalue weighted by Crippen LogP contribution is -2.53. The smallest absolute Gasteiger partial charge is 0.272 e. The molecule has 1 heterocycles. The van der Waals surface area contributed by atoms with Crippen LogP contribution in [0, 0.1) is 0 Å². The van der Waals surface area contributed by atoms with Crippen LogP contribution in [0.25, 0.3) is 0 Å². The van der Waals surface area contributed by atoms with Gasteiger partial charge in [0.2, 0.25) is 0 Å². The fourth-order valence-corrected chi connectivity index (χ4v) is 2.02. The third kappa shape index (κ3) is 2.36.